The fraction of sp³-hybridized carbons (Fsp3) is 0.250. The zero-order valence-corrected chi connectivity index (χ0v) is 16.9. The summed E-state index contributed by atoms with van der Waals surface area (Å²) in [6.07, 6.45) is 6.11. The second-order valence-electron chi connectivity index (χ2n) is 6.48. The van der Waals surface area contributed by atoms with Crippen LogP contribution in [0.5, 0.6) is 0 Å². The van der Waals surface area contributed by atoms with Gasteiger partial charge in [-0.25, -0.2) is 4.68 Å². The summed E-state index contributed by atoms with van der Waals surface area (Å²) in [6.45, 7) is 1.77. The van der Waals surface area contributed by atoms with Crippen LogP contribution in [0.25, 0.3) is 5.69 Å². The molecule has 1 aromatic carbocycles. The molecule has 0 radical (unpaired) electrons. The Balaban J connectivity index is 2.58. The van der Waals surface area contributed by atoms with E-state index in [0.717, 1.165) is 5.69 Å². The van der Waals surface area contributed by atoms with Gasteiger partial charge in [0, 0.05) is 57.8 Å². The van der Waals surface area contributed by atoms with Crippen molar-refractivity contribution in [1.82, 2.24) is 19.6 Å². The van der Waals surface area contributed by atoms with Crippen molar-refractivity contribution in [2.24, 2.45) is 0 Å². The van der Waals surface area contributed by atoms with Crippen LogP contribution in [0.15, 0.2) is 48.8 Å². The number of hydrogen-bond donors (Lipinski definition) is 0. The predicted molar refractivity (Wildman–Crippen MR) is 108 cm³/mol. The third-order valence-corrected chi connectivity index (χ3v) is 3.97. The van der Waals surface area contributed by atoms with Crippen molar-refractivity contribution in [3.63, 3.8) is 0 Å². The number of nitrogens with zero attached hydrogens (tertiary/aromatic N) is 4. The van der Waals surface area contributed by atoms with Gasteiger partial charge in [0.15, 0.2) is 5.78 Å². The molecule has 1 aromatic heterocycles. The molecule has 0 aliphatic rings. The smallest absolute Gasteiger partial charge is 0.208 e. The highest BCUT2D eigenvalue weighted by molar-refractivity contribution is 6.30. The Morgan fingerprint density at radius 1 is 0.963 bits per heavy atom. The van der Waals surface area contributed by atoms with Crippen molar-refractivity contribution in [3.8, 4) is 5.69 Å². The van der Waals surface area contributed by atoms with E-state index in [-0.39, 0.29) is 22.8 Å². The summed E-state index contributed by atoms with van der Waals surface area (Å²) in [7, 11) is 7.26. The topological polar surface area (TPSA) is 58.4 Å². The molecule has 0 aliphatic heterocycles. The zero-order chi connectivity index (χ0) is 20.1. The third-order valence-electron chi connectivity index (χ3n) is 3.72. The number of rotatable bonds is 7. The van der Waals surface area contributed by atoms with Crippen LogP contribution >= 0.6 is 11.6 Å². The van der Waals surface area contributed by atoms with E-state index in [1.165, 1.54) is 12.2 Å². The molecule has 0 aliphatic carbocycles. The van der Waals surface area contributed by atoms with Crippen LogP contribution in [0.2, 0.25) is 5.02 Å². The van der Waals surface area contributed by atoms with Gasteiger partial charge in [0.1, 0.15) is 5.69 Å². The molecule has 0 spiro atoms. The van der Waals surface area contributed by atoms with E-state index in [2.05, 4.69) is 5.10 Å². The quantitative estimate of drug-likeness (QED) is 0.539. The van der Waals surface area contributed by atoms with Crippen molar-refractivity contribution < 1.29 is 9.59 Å². The highest BCUT2D eigenvalue weighted by atomic mass is 35.5. The summed E-state index contributed by atoms with van der Waals surface area (Å²) in [4.78, 5) is 28.9. The van der Waals surface area contributed by atoms with Crippen LogP contribution in [-0.2, 0) is 0 Å². The Kier molecular flexibility index (Phi) is 6.58. The van der Waals surface area contributed by atoms with E-state index in [1.807, 2.05) is 28.2 Å². The first-order chi connectivity index (χ1) is 12.7. The molecular weight excluding hydrogens is 364 g/mol. The van der Waals surface area contributed by atoms with Crippen molar-refractivity contribution in [3.05, 3.63) is 70.8 Å². The van der Waals surface area contributed by atoms with Crippen molar-refractivity contribution in [2.45, 2.75) is 6.92 Å². The summed E-state index contributed by atoms with van der Waals surface area (Å²) in [6, 6.07) is 7.05. The van der Waals surface area contributed by atoms with Crippen molar-refractivity contribution in [1.29, 1.82) is 0 Å². The van der Waals surface area contributed by atoms with Gasteiger partial charge in [-0.05, 0) is 31.2 Å². The fourth-order valence-corrected chi connectivity index (χ4v) is 2.53. The second-order valence-corrected chi connectivity index (χ2v) is 6.92. The van der Waals surface area contributed by atoms with E-state index in [9.17, 15) is 9.59 Å². The number of halogens is 1. The first-order valence-electron chi connectivity index (χ1n) is 8.34. The maximum atomic E-state index is 12.8. The Bertz CT molecular complexity index is 893. The van der Waals surface area contributed by atoms with E-state index < -0.39 is 0 Å². The predicted octanol–water partition coefficient (Wildman–Crippen LogP) is 3.35. The first kappa shape index (κ1) is 20.5. The van der Waals surface area contributed by atoms with Crippen molar-refractivity contribution in [2.75, 3.05) is 28.2 Å². The number of carbonyl (C=O) groups is 2. The molecule has 2 rings (SSSR count). The minimum atomic E-state index is -0.332. The maximum absolute atomic E-state index is 12.8. The van der Waals surface area contributed by atoms with E-state index in [0.29, 0.717) is 10.7 Å². The van der Waals surface area contributed by atoms with Gasteiger partial charge in [-0.1, -0.05) is 11.6 Å². The molecule has 0 fully saturated rings. The monoisotopic (exact) mass is 386 g/mol. The maximum Gasteiger partial charge on any atom is 0.208 e. The lowest BCUT2D eigenvalue weighted by molar-refractivity contribution is 0.101. The normalized spacial score (nSPS) is 11.3. The SMILES string of the molecule is Cc1c(C(=O)/C=C/N(C)C)c(C(=O)/C=C/N(C)C)nn1-c1ccc(Cl)cc1. The molecule has 0 unspecified atom stereocenters. The van der Waals surface area contributed by atoms with Gasteiger partial charge in [-0.15, -0.1) is 0 Å². The lowest BCUT2D eigenvalue weighted by atomic mass is 10.1. The van der Waals surface area contributed by atoms with Gasteiger partial charge < -0.3 is 9.80 Å². The number of hydrogen-bond acceptors (Lipinski definition) is 5. The number of allylic oxidation sites excluding steroid dienone is 2. The number of carbonyl (C=O) groups excluding carboxylic acids is 2. The van der Waals surface area contributed by atoms with Gasteiger partial charge >= 0.3 is 0 Å². The first-order valence-corrected chi connectivity index (χ1v) is 8.72. The summed E-state index contributed by atoms with van der Waals surface area (Å²) in [5, 5.41) is 5.02. The standard InChI is InChI=1S/C20H23ClN4O2/c1-14-19(17(26)10-12-23(2)3)20(18(27)11-13-24(4)5)22-25(14)16-8-6-15(21)7-9-16/h6-13H,1-5H3/b12-10+,13-11+. The van der Waals surface area contributed by atoms with Gasteiger partial charge in [0.25, 0.3) is 0 Å². The number of benzene rings is 1. The highest BCUT2D eigenvalue weighted by Crippen LogP contribution is 2.21. The Hall–Kier alpha value is -2.86. The van der Waals surface area contributed by atoms with Gasteiger partial charge in [-0.3, -0.25) is 9.59 Å². The number of ketones is 2. The number of aromatic nitrogens is 2. The molecule has 0 saturated heterocycles. The lowest BCUT2D eigenvalue weighted by Crippen LogP contribution is -2.09. The minimum Gasteiger partial charge on any atom is -0.383 e. The Labute approximate surface area is 164 Å². The molecule has 1 heterocycles. The van der Waals surface area contributed by atoms with E-state index >= 15 is 0 Å². The summed E-state index contributed by atoms with van der Waals surface area (Å²) < 4.78 is 1.59. The van der Waals surface area contributed by atoms with Crippen LogP contribution in [0.4, 0.5) is 0 Å². The van der Waals surface area contributed by atoms with Crippen LogP contribution in [-0.4, -0.2) is 59.3 Å². The highest BCUT2D eigenvalue weighted by Gasteiger charge is 2.24. The van der Waals surface area contributed by atoms with E-state index in [1.54, 1.807) is 58.1 Å². The van der Waals surface area contributed by atoms with Crippen LogP contribution in [0.1, 0.15) is 26.5 Å². The molecule has 0 atom stereocenters. The van der Waals surface area contributed by atoms with Crippen molar-refractivity contribution >= 4 is 23.2 Å². The molecular formula is C20H23ClN4O2. The van der Waals surface area contributed by atoms with Crippen LogP contribution < -0.4 is 0 Å². The van der Waals surface area contributed by atoms with Gasteiger partial charge in [-0.2, -0.15) is 5.10 Å². The summed E-state index contributed by atoms with van der Waals surface area (Å²) >= 11 is 5.95. The average molecular weight is 387 g/mol. The fourth-order valence-electron chi connectivity index (χ4n) is 2.40. The largest absolute Gasteiger partial charge is 0.383 e. The summed E-state index contributed by atoms with van der Waals surface area (Å²) in [5.41, 5.74) is 1.72. The third kappa shape index (κ3) is 5.08. The molecule has 27 heavy (non-hydrogen) atoms. The molecule has 7 heteroatoms. The van der Waals surface area contributed by atoms with Crippen LogP contribution in [0, 0.1) is 6.92 Å². The molecule has 6 nitrogen and oxygen atoms in total. The lowest BCUT2D eigenvalue weighted by Gasteiger charge is -2.05. The minimum absolute atomic E-state index is 0.119. The van der Waals surface area contributed by atoms with Crippen LogP contribution in [0.3, 0.4) is 0 Å². The average Bonchev–Trinajstić information content (AvgIpc) is 2.95. The molecule has 0 amide bonds. The molecule has 2 aromatic rings. The summed E-state index contributed by atoms with van der Waals surface area (Å²) in [5.74, 6) is -0.607. The second kappa shape index (κ2) is 8.68. The zero-order valence-electron chi connectivity index (χ0n) is 16.1. The van der Waals surface area contributed by atoms with E-state index in [4.69, 9.17) is 11.6 Å². The van der Waals surface area contributed by atoms with Gasteiger partial charge in [0.2, 0.25) is 5.78 Å². The molecule has 0 bridgehead atoms. The molecule has 0 N–H and O–H groups in total. The Morgan fingerprint density at radius 2 is 1.48 bits per heavy atom. The van der Waals surface area contributed by atoms with Gasteiger partial charge in [0.05, 0.1) is 16.9 Å². The molecule has 142 valence electrons. The molecule has 0 saturated carbocycles. The Morgan fingerprint density at radius 3 is 2.00 bits per heavy atom.